The van der Waals surface area contributed by atoms with Crippen molar-refractivity contribution in [1.29, 1.82) is 0 Å². The maximum atomic E-state index is 13.5. The zero-order valence-electron chi connectivity index (χ0n) is 15.8. The molecule has 2 N–H and O–H groups in total. The van der Waals surface area contributed by atoms with E-state index in [-0.39, 0.29) is 24.8 Å². The number of benzene rings is 1. The Morgan fingerprint density at radius 2 is 2.00 bits per heavy atom. The van der Waals surface area contributed by atoms with Gasteiger partial charge in [0, 0.05) is 45.8 Å². The minimum absolute atomic E-state index is 0.0264. The molecule has 0 aliphatic carbocycles. The van der Waals surface area contributed by atoms with Gasteiger partial charge in [0.15, 0.2) is 11.6 Å². The fourth-order valence-electron chi connectivity index (χ4n) is 3.47. The van der Waals surface area contributed by atoms with E-state index >= 15 is 0 Å². The third-order valence-electron chi connectivity index (χ3n) is 5.04. The number of nitrogens with zero attached hydrogens (tertiary/aromatic N) is 2. The molecule has 7 nitrogen and oxygen atoms in total. The van der Waals surface area contributed by atoms with Crippen molar-refractivity contribution in [2.75, 3.05) is 52.5 Å². The minimum atomic E-state index is -0.920. The molecule has 1 aromatic carbocycles. The predicted molar refractivity (Wildman–Crippen MR) is 98.5 cm³/mol. The summed E-state index contributed by atoms with van der Waals surface area (Å²) >= 11 is 0. The lowest BCUT2D eigenvalue weighted by Crippen LogP contribution is -2.56. The number of morpholine rings is 1. The number of nitrogens with one attached hydrogen (secondary N) is 2. The van der Waals surface area contributed by atoms with E-state index in [1.807, 2.05) is 4.90 Å². The van der Waals surface area contributed by atoms with Crippen molar-refractivity contribution in [3.63, 3.8) is 0 Å². The molecule has 9 heteroatoms. The number of hydrogen-bond acceptors (Lipinski definition) is 5. The van der Waals surface area contributed by atoms with E-state index < -0.39 is 17.7 Å². The molecular weight excluding hydrogens is 370 g/mol. The molecule has 2 amide bonds. The Hall–Kier alpha value is -2.10. The van der Waals surface area contributed by atoms with Crippen molar-refractivity contribution >= 4 is 11.8 Å². The van der Waals surface area contributed by atoms with Crippen molar-refractivity contribution in [3.05, 3.63) is 35.4 Å². The van der Waals surface area contributed by atoms with Gasteiger partial charge in [-0.05, 0) is 17.7 Å². The maximum absolute atomic E-state index is 13.5. The normalized spacial score (nSPS) is 21.4. The van der Waals surface area contributed by atoms with E-state index in [0.717, 1.165) is 31.8 Å². The molecule has 0 bridgehead atoms. The molecule has 154 valence electrons. The van der Waals surface area contributed by atoms with Crippen molar-refractivity contribution in [2.24, 2.45) is 0 Å². The molecule has 0 saturated carbocycles. The Bertz CT molecular complexity index is 698. The Kier molecular flexibility index (Phi) is 7.30. The Morgan fingerprint density at radius 1 is 1.21 bits per heavy atom. The second-order valence-corrected chi connectivity index (χ2v) is 7.03. The van der Waals surface area contributed by atoms with E-state index in [1.54, 1.807) is 0 Å². The first kappa shape index (κ1) is 20.6. The SMILES string of the molecule is O=C(CC1C(=O)NCCN1Cc1ccc(F)c(F)c1)NCCN1CCOCC1. The van der Waals surface area contributed by atoms with Crippen LogP contribution in [0.1, 0.15) is 12.0 Å². The molecule has 1 unspecified atom stereocenters. The van der Waals surface area contributed by atoms with Gasteiger partial charge in [0.05, 0.1) is 25.7 Å². The fraction of sp³-hybridized carbons (Fsp3) is 0.579. The van der Waals surface area contributed by atoms with Crippen LogP contribution in [0.15, 0.2) is 18.2 Å². The number of carbonyl (C=O) groups excluding carboxylic acids is 2. The largest absolute Gasteiger partial charge is 0.379 e. The lowest BCUT2D eigenvalue weighted by Gasteiger charge is -2.34. The monoisotopic (exact) mass is 396 g/mol. The smallest absolute Gasteiger partial charge is 0.237 e. The summed E-state index contributed by atoms with van der Waals surface area (Å²) in [5, 5.41) is 5.63. The summed E-state index contributed by atoms with van der Waals surface area (Å²) < 4.78 is 31.9. The Balaban J connectivity index is 1.52. The molecule has 0 aromatic heterocycles. The maximum Gasteiger partial charge on any atom is 0.237 e. The molecule has 2 aliphatic rings. The first-order valence-electron chi connectivity index (χ1n) is 9.55. The van der Waals surface area contributed by atoms with Crippen molar-refractivity contribution in [1.82, 2.24) is 20.4 Å². The zero-order chi connectivity index (χ0) is 19.9. The van der Waals surface area contributed by atoms with Gasteiger partial charge in [-0.1, -0.05) is 6.07 Å². The van der Waals surface area contributed by atoms with Gasteiger partial charge < -0.3 is 15.4 Å². The van der Waals surface area contributed by atoms with Crippen LogP contribution in [0.2, 0.25) is 0 Å². The van der Waals surface area contributed by atoms with E-state index in [1.165, 1.54) is 6.07 Å². The van der Waals surface area contributed by atoms with Crippen LogP contribution in [0, 0.1) is 11.6 Å². The first-order chi connectivity index (χ1) is 13.5. The summed E-state index contributed by atoms with van der Waals surface area (Å²) in [6.45, 7) is 5.63. The zero-order valence-corrected chi connectivity index (χ0v) is 15.8. The molecule has 1 atom stereocenters. The summed E-state index contributed by atoms with van der Waals surface area (Å²) in [7, 11) is 0. The lowest BCUT2D eigenvalue weighted by molar-refractivity contribution is -0.134. The van der Waals surface area contributed by atoms with Crippen molar-refractivity contribution < 1.29 is 23.1 Å². The van der Waals surface area contributed by atoms with Gasteiger partial charge in [-0.15, -0.1) is 0 Å². The number of rotatable bonds is 7. The van der Waals surface area contributed by atoms with Gasteiger partial charge in [-0.3, -0.25) is 19.4 Å². The van der Waals surface area contributed by atoms with Gasteiger partial charge in [0.2, 0.25) is 11.8 Å². The average Bonchev–Trinajstić information content (AvgIpc) is 2.68. The van der Waals surface area contributed by atoms with Gasteiger partial charge in [-0.25, -0.2) is 8.78 Å². The molecule has 28 heavy (non-hydrogen) atoms. The molecule has 2 saturated heterocycles. The fourth-order valence-corrected chi connectivity index (χ4v) is 3.47. The molecule has 2 fully saturated rings. The molecule has 1 aromatic rings. The number of piperazine rings is 1. The highest BCUT2D eigenvalue weighted by Crippen LogP contribution is 2.16. The topological polar surface area (TPSA) is 73.9 Å². The first-order valence-corrected chi connectivity index (χ1v) is 9.55. The van der Waals surface area contributed by atoms with Crippen LogP contribution in [-0.4, -0.2) is 80.1 Å². The summed E-state index contributed by atoms with van der Waals surface area (Å²) in [6, 6.07) is 3.05. The van der Waals surface area contributed by atoms with Crippen molar-refractivity contribution in [2.45, 2.75) is 19.0 Å². The van der Waals surface area contributed by atoms with Gasteiger partial charge in [-0.2, -0.15) is 0 Å². The quantitative estimate of drug-likeness (QED) is 0.684. The standard InChI is InChI=1S/C19H26F2N4O3/c20-15-2-1-14(11-16(15)21)13-25-6-4-23-19(27)17(25)12-18(26)22-3-5-24-7-9-28-10-8-24/h1-2,11,17H,3-10,12-13H2,(H,22,26)(H,23,27). The third kappa shape index (κ3) is 5.70. The number of ether oxygens (including phenoxy) is 1. The number of carbonyl (C=O) groups is 2. The molecule has 2 aliphatic heterocycles. The number of hydrogen-bond donors (Lipinski definition) is 2. The Morgan fingerprint density at radius 3 is 2.75 bits per heavy atom. The van der Waals surface area contributed by atoms with Crippen LogP contribution in [0.25, 0.3) is 0 Å². The van der Waals surface area contributed by atoms with Gasteiger partial charge in [0.25, 0.3) is 0 Å². The second kappa shape index (κ2) is 9.90. The van der Waals surface area contributed by atoms with Crippen LogP contribution in [0.4, 0.5) is 8.78 Å². The minimum Gasteiger partial charge on any atom is -0.379 e. The molecule has 2 heterocycles. The third-order valence-corrected chi connectivity index (χ3v) is 5.04. The molecule has 3 rings (SSSR count). The summed E-state index contributed by atoms with van der Waals surface area (Å²) in [4.78, 5) is 28.6. The van der Waals surface area contributed by atoms with Crippen LogP contribution in [-0.2, 0) is 20.9 Å². The lowest BCUT2D eigenvalue weighted by atomic mass is 10.1. The van der Waals surface area contributed by atoms with Gasteiger partial charge in [0.1, 0.15) is 0 Å². The highest BCUT2D eigenvalue weighted by atomic mass is 19.2. The van der Waals surface area contributed by atoms with Crippen LogP contribution >= 0.6 is 0 Å². The van der Waals surface area contributed by atoms with Crippen LogP contribution < -0.4 is 10.6 Å². The summed E-state index contributed by atoms with van der Waals surface area (Å²) in [5.41, 5.74) is 0.561. The van der Waals surface area contributed by atoms with E-state index in [4.69, 9.17) is 4.74 Å². The van der Waals surface area contributed by atoms with Gasteiger partial charge >= 0.3 is 0 Å². The Labute approximate surface area is 163 Å². The average molecular weight is 396 g/mol. The summed E-state index contributed by atoms with van der Waals surface area (Å²) in [6.07, 6.45) is 0.0264. The predicted octanol–water partition coefficient (Wildman–Crippen LogP) is 0.104. The van der Waals surface area contributed by atoms with Crippen LogP contribution in [0.5, 0.6) is 0 Å². The summed E-state index contributed by atoms with van der Waals surface area (Å²) in [5.74, 6) is -2.25. The highest BCUT2D eigenvalue weighted by molar-refractivity contribution is 5.88. The van der Waals surface area contributed by atoms with Crippen molar-refractivity contribution in [3.8, 4) is 0 Å². The molecular formula is C19H26F2N4O3. The van der Waals surface area contributed by atoms with E-state index in [9.17, 15) is 18.4 Å². The molecule has 0 spiro atoms. The molecule has 0 radical (unpaired) electrons. The van der Waals surface area contributed by atoms with E-state index in [0.29, 0.717) is 38.4 Å². The second-order valence-electron chi connectivity index (χ2n) is 7.03. The number of halogens is 2. The highest BCUT2D eigenvalue weighted by Gasteiger charge is 2.31. The van der Waals surface area contributed by atoms with Crippen LogP contribution in [0.3, 0.4) is 0 Å². The van der Waals surface area contributed by atoms with E-state index in [2.05, 4.69) is 15.5 Å². The number of amides is 2.